The van der Waals surface area contributed by atoms with Gasteiger partial charge in [0.2, 0.25) is 0 Å². The zero-order valence-electron chi connectivity index (χ0n) is 15.4. The van der Waals surface area contributed by atoms with Gasteiger partial charge >= 0.3 is 12.1 Å². The van der Waals surface area contributed by atoms with E-state index in [9.17, 15) is 19.2 Å². The van der Waals surface area contributed by atoms with E-state index in [0.29, 0.717) is 10.3 Å². The van der Waals surface area contributed by atoms with Gasteiger partial charge in [-0.25, -0.2) is 19.6 Å². The zero-order valence-corrected chi connectivity index (χ0v) is 17.1. The van der Waals surface area contributed by atoms with Gasteiger partial charge in [0.15, 0.2) is 22.7 Å². The van der Waals surface area contributed by atoms with Crippen molar-refractivity contribution >= 4 is 55.8 Å². The van der Waals surface area contributed by atoms with Crippen molar-refractivity contribution in [1.29, 1.82) is 0 Å². The van der Waals surface area contributed by atoms with E-state index in [2.05, 4.69) is 20.6 Å². The molecule has 0 aromatic heterocycles. The molecule has 0 aromatic carbocycles. The van der Waals surface area contributed by atoms with Gasteiger partial charge in [-0.1, -0.05) is 0 Å². The molecule has 28 heavy (non-hydrogen) atoms. The topological polar surface area (TPSA) is 130 Å². The van der Waals surface area contributed by atoms with Gasteiger partial charge in [0.1, 0.15) is 12.1 Å². The summed E-state index contributed by atoms with van der Waals surface area (Å²) >= 11 is 0. The third-order valence-electron chi connectivity index (χ3n) is 5.02. The molecule has 0 radical (unpaired) electrons. The molecule has 2 saturated heterocycles. The van der Waals surface area contributed by atoms with Crippen LogP contribution in [0.2, 0.25) is 0 Å². The summed E-state index contributed by atoms with van der Waals surface area (Å²) in [6.07, 6.45) is -1.20. The lowest BCUT2D eigenvalue weighted by Gasteiger charge is -2.36. The fraction of sp³-hybridized carbons (Fsp3) is 0.571. The summed E-state index contributed by atoms with van der Waals surface area (Å²) in [5.74, 6) is -0.679. The first kappa shape index (κ1) is 18.9. The Bertz CT molecular complexity index is 779. The van der Waals surface area contributed by atoms with Crippen molar-refractivity contribution in [3.8, 4) is 0 Å². The quantitative estimate of drug-likeness (QED) is 0.458. The Morgan fingerprint density at radius 2 is 1.07 bits per heavy atom. The molecule has 4 aliphatic rings. The number of fused-ring (bicyclic) bond motifs is 2. The minimum atomic E-state index is -0.629. The second-order valence-corrected chi connectivity index (χ2v) is 8.79. The summed E-state index contributed by atoms with van der Waals surface area (Å²) in [4.78, 5) is 62.4. The Kier molecular flexibility index (Phi) is 4.41. The Labute approximate surface area is 168 Å². The largest absolute Gasteiger partial charge is 0.349 e. The van der Waals surface area contributed by atoms with Crippen molar-refractivity contribution in [2.24, 2.45) is 9.98 Å². The molecule has 14 heteroatoms. The number of carbonyl (C=O) groups excluding carboxylic acids is 4. The number of hydrogen-bond donors (Lipinski definition) is 2. The van der Waals surface area contributed by atoms with Crippen LogP contribution in [0.1, 0.15) is 0 Å². The van der Waals surface area contributed by atoms with Crippen molar-refractivity contribution in [3.05, 3.63) is 0 Å². The van der Waals surface area contributed by atoms with Gasteiger partial charge in [-0.05, 0) is 21.6 Å². The van der Waals surface area contributed by atoms with E-state index in [1.807, 2.05) is 0 Å². The molecule has 6 amide bonds. The molecule has 0 spiro atoms. The second-order valence-electron chi connectivity index (χ2n) is 6.69. The molecular formula is C14H18N8O4S2. The molecule has 150 valence electrons. The van der Waals surface area contributed by atoms with Gasteiger partial charge < -0.3 is 20.4 Å². The van der Waals surface area contributed by atoms with E-state index < -0.39 is 36.5 Å². The van der Waals surface area contributed by atoms with Crippen LogP contribution < -0.4 is 10.6 Å². The van der Waals surface area contributed by atoms with Gasteiger partial charge in [-0.2, -0.15) is 0 Å². The van der Waals surface area contributed by atoms with Crippen molar-refractivity contribution in [3.63, 3.8) is 0 Å². The van der Waals surface area contributed by atoms with Crippen molar-refractivity contribution in [1.82, 2.24) is 30.2 Å². The van der Waals surface area contributed by atoms with Crippen LogP contribution >= 0.6 is 21.6 Å². The van der Waals surface area contributed by atoms with E-state index in [4.69, 9.17) is 0 Å². The van der Waals surface area contributed by atoms with Crippen LogP contribution in [0.3, 0.4) is 0 Å². The molecule has 2 fully saturated rings. The van der Waals surface area contributed by atoms with Gasteiger partial charge in [0, 0.05) is 28.2 Å². The minimum Gasteiger partial charge on any atom is -0.349 e. The SMILES string of the molecule is CN1C(=O)C2NC(SSC3=NC4C(N3)C(=O)N(C)C(=O)N4C)=NC2N(C)C1=O. The lowest BCUT2D eigenvalue weighted by Crippen LogP contribution is -2.63. The van der Waals surface area contributed by atoms with E-state index in [1.165, 1.54) is 45.5 Å². The summed E-state index contributed by atoms with van der Waals surface area (Å²) in [7, 11) is 8.51. The van der Waals surface area contributed by atoms with Crippen LogP contribution in [-0.2, 0) is 9.59 Å². The number of nitrogens with zero attached hydrogens (tertiary/aromatic N) is 6. The van der Waals surface area contributed by atoms with Gasteiger partial charge in [0.25, 0.3) is 11.8 Å². The van der Waals surface area contributed by atoms with Crippen LogP contribution in [0.4, 0.5) is 9.59 Å². The number of carbonyl (C=O) groups is 4. The van der Waals surface area contributed by atoms with Gasteiger partial charge in [-0.15, -0.1) is 0 Å². The predicted molar refractivity (Wildman–Crippen MR) is 103 cm³/mol. The van der Waals surface area contributed by atoms with Crippen LogP contribution in [0.15, 0.2) is 9.98 Å². The lowest BCUT2D eigenvalue weighted by atomic mass is 10.1. The van der Waals surface area contributed by atoms with Crippen molar-refractivity contribution in [2.45, 2.75) is 24.4 Å². The minimum absolute atomic E-state index is 0.339. The van der Waals surface area contributed by atoms with Crippen LogP contribution in [0.25, 0.3) is 0 Å². The summed E-state index contributed by atoms with van der Waals surface area (Å²) in [6.45, 7) is 0. The zero-order chi connectivity index (χ0) is 20.3. The Hall–Kier alpha value is -2.48. The van der Waals surface area contributed by atoms with Crippen LogP contribution in [0, 0.1) is 0 Å². The van der Waals surface area contributed by atoms with Crippen molar-refractivity contribution in [2.75, 3.05) is 28.2 Å². The maximum Gasteiger partial charge on any atom is 0.328 e. The normalized spacial score (nSPS) is 32.1. The molecule has 4 heterocycles. The molecular weight excluding hydrogens is 408 g/mol. The molecule has 4 atom stereocenters. The molecule has 12 nitrogen and oxygen atoms in total. The first-order chi connectivity index (χ1) is 13.2. The number of likely N-dealkylation sites (N-methyl/N-ethyl adjacent to an activating group) is 4. The molecule has 0 saturated carbocycles. The molecule has 0 bridgehead atoms. The second kappa shape index (κ2) is 6.55. The van der Waals surface area contributed by atoms with Gasteiger partial charge in [-0.3, -0.25) is 19.4 Å². The number of aliphatic imine (C=N–C) groups is 2. The highest BCUT2D eigenvalue weighted by atomic mass is 33.1. The fourth-order valence-electron chi connectivity index (χ4n) is 3.35. The standard InChI is InChI=1S/C14H18N8O4S2/c1-19-7-5(9(23)21(3)13(19)25)15-11(17-7)27-28-12-16-6-8(18-12)20(2)14(26)22(4)10(6)24/h5-8H,1-4H3,(H,15,17)(H,16,18). The van der Waals surface area contributed by atoms with Crippen molar-refractivity contribution < 1.29 is 19.2 Å². The number of rotatable bonds is 0. The summed E-state index contributed by atoms with van der Waals surface area (Å²) in [5, 5.41) is 7.02. The maximum absolute atomic E-state index is 12.3. The smallest absolute Gasteiger partial charge is 0.328 e. The molecule has 4 aliphatic heterocycles. The first-order valence-corrected chi connectivity index (χ1v) is 10.5. The summed E-state index contributed by atoms with van der Waals surface area (Å²) in [5.41, 5.74) is 0. The van der Waals surface area contributed by atoms with Gasteiger partial charge in [0.05, 0.1) is 0 Å². The molecule has 0 aliphatic carbocycles. The van der Waals surface area contributed by atoms with Crippen LogP contribution in [-0.4, -0.2) is 106 Å². The lowest BCUT2D eigenvalue weighted by molar-refractivity contribution is -0.133. The predicted octanol–water partition coefficient (Wildman–Crippen LogP) is -1.28. The average molecular weight is 426 g/mol. The number of amides is 6. The Balaban J connectivity index is 1.42. The van der Waals surface area contributed by atoms with E-state index in [-0.39, 0.29) is 11.8 Å². The molecule has 2 N–H and O–H groups in total. The highest BCUT2D eigenvalue weighted by Gasteiger charge is 2.48. The third-order valence-corrected chi connectivity index (χ3v) is 7.06. The Morgan fingerprint density at radius 3 is 1.43 bits per heavy atom. The van der Waals surface area contributed by atoms with Crippen LogP contribution in [0.5, 0.6) is 0 Å². The maximum atomic E-state index is 12.3. The average Bonchev–Trinajstić information content (AvgIpc) is 3.30. The molecule has 4 rings (SSSR count). The summed E-state index contributed by atoms with van der Waals surface area (Å²) in [6, 6.07) is -2.07. The fourth-order valence-corrected chi connectivity index (χ4v) is 5.18. The number of hydrogen-bond acceptors (Lipinski definition) is 10. The number of nitrogens with one attached hydrogen (secondary N) is 2. The molecule has 4 unspecified atom stereocenters. The number of amidine groups is 2. The number of urea groups is 2. The first-order valence-electron chi connectivity index (χ1n) is 8.32. The summed E-state index contributed by atoms with van der Waals surface area (Å²) < 4.78 is 0. The monoisotopic (exact) mass is 426 g/mol. The van der Waals surface area contributed by atoms with E-state index in [1.54, 1.807) is 14.1 Å². The highest BCUT2D eigenvalue weighted by molar-refractivity contribution is 8.87. The van der Waals surface area contributed by atoms with E-state index in [0.717, 1.165) is 9.80 Å². The number of imide groups is 2. The molecule has 0 aromatic rings. The van der Waals surface area contributed by atoms with E-state index >= 15 is 0 Å². The Morgan fingerprint density at radius 1 is 0.714 bits per heavy atom. The third kappa shape index (κ3) is 2.70. The highest BCUT2D eigenvalue weighted by Crippen LogP contribution is 2.32.